The predicted molar refractivity (Wildman–Crippen MR) is 106 cm³/mol. The Balaban J connectivity index is 2.05. The number of nitrogens with two attached hydrogens (primary N) is 3. The van der Waals surface area contributed by atoms with Crippen LogP contribution in [0.2, 0.25) is 0 Å². The molecule has 2 rings (SSSR count). The molecule has 0 unspecified atom stereocenters. The van der Waals surface area contributed by atoms with Gasteiger partial charge in [0.1, 0.15) is 0 Å². The van der Waals surface area contributed by atoms with Crippen LogP contribution in [0.25, 0.3) is 0 Å². The Morgan fingerprint density at radius 1 is 0.889 bits per heavy atom. The first-order chi connectivity index (χ1) is 13.0. The lowest BCUT2D eigenvalue weighted by Crippen LogP contribution is -2.45. The van der Waals surface area contributed by atoms with Gasteiger partial charge in [-0.25, -0.2) is 0 Å². The van der Waals surface area contributed by atoms with Crippen LogP contribution in [0, 0.1) is 0 Å². The van der Waals surface area contributed by atoms with Crippen molar-refractivity contribution in [1.82, 2.24) is 5.32 Å². The largest absolute Gasteiger partial charge is 0.370 e. The maximum absolute atomic E-state index is 12.8. The van der Waals surface area contributed by atoms with Crippen LogP contribution >= 0.6 is 0 Å². The minimum absolute atomic E-state index is 0.00300. The molecule has 7 nitrogen and oxygen atoms in total. The third-order valence-electron chi connectivity index (χ3n) is 4.08. The molecule has 0 bridgehead atoms. The fraction of sp³-hybridized carbons (Fsp3) is 0.250. The summed E-state index contributed by atoms with van der Waals surface area (Å²) in [5.41, 5.74) is 18.0. The molecule has 7 N–H and O–H groups in total. The minimum atomic E-state index is -0.810. The van der Waals surface area contributed by atoms with Crippen molar-refractivity contribution in [3.63, 3.8) is 0 Å². The van der Waals surface area contributed by atoms with E-state index in [2.05, 4.69) is 10.3 Å². The highest BCUT2D eigenvalue weighted by atomic mass is 16.2. The van der Waals surface area contributed by atoms with Crippen LogP contribution in [-0.2, 0) is 9.59 Å². The lowest BCUT2D eigenvalue weighted by molar-refractivity contribution is -0.131. The average molecular weight is 367 g/mol. The Kier molecular flexibility index (Phi) is 7.51. The molecule has 0 radical (unpaired) electrons. The fourth-order valence-corrected chi connectivity index (χ4v) is 2.72. The van der Waals surface area contributed by atoms with Crippen molar-refractivity contribution in [2.24, 2.45) is 22.2 Å². The molecule has 0 aliphatic rings. The second-order valence-corrected chi connectivity index (χ2v) is 6.16. The number of carbonyl (C=O) groups excluding carboxylic acids is 2. The third-order valence-corrected chi connectivity index (χ3v) is 4.08. The predicted octanol–water partition coefficient (Wildman–Crippen LogP) is 0.842. The Labute approximate surface area is 158 Å². The van der Waals surface area contributed by atoms with E-state index in [1.54, 1.807) is 0 Å². The summed E-state index contributed by atoms with van der Waals surface area (Å²) >= 11 is 0. The number of nitrogens with one attached hydrogen (secondary N) is 1. The van der Waals surface area contributed by atoms with Crippen molar-refractivity contribution < 1.29 is 9.59 Å². The molecule has 2 aromatic carbocycles. The molecule has 0 spiro atoms. The van der Waals surface area contributed by atoms with Gasteiger partial charge >= 0.3 is 0 Å². The maximum Gasteiger partial charge on any atom is 0.243 e. The molecule has 0 heterocycles. The van der Waals surface area contributed by atoms with Crippen LogP contribution in [0.5, 0.6) is 0 Å². The van der Waals surface area contributed by atoms with Gasteiger partial charge in [0.05, 0.1) is 12.0 Å². The highest BCUT2D eigenvalue weighted by Crippen LogP contribution is 2.24. The fourth-order valence-electron chi connectivity index (χ4n) is 2.72. The third kappa shape index (κ3) is 6.23. The summed E-state index contributed by atoms with van der Waals surface area (Å²) in [5, 5.41) is 2.44. The molecule has 0 aromatic heterocycles. The van der Waals surface area contributed by atoms with Crippen molar-refractivity contribution >= 4 is 17.8 Å². The number of carbonyl (C=O) groups is 2. The van der Waals surface area contributed by atoms with E-state index in [-0.39, 0.29) is 5.96 Å². The molecular weight excluding hydrogens is 342 g/mol. The van der Waals surface area contributed by atoms with Gasteiger partial charge in [-0.05, 0) is 24.0 Å². The van der Waals surface area contributed by atoms with Gasteiger partial charge in [0, 0.05) is 6.54 Å². The molecule has 2 aromatic rings. The van der Waals surface area contributed by atoms with Crippen LogP contribution in [0.1, 0.15) is 29.9 Å². The summed E-state index contributed by atoms with van der Waals surface area (Å²) in [6.45, 7) is 0.383. The van der Waals surface area contributed by atoms with Crippen LogP contribution in [0.3, 0.4) is 0 Å². The van der Waals surface area contributed by atoms with Crippen molar-refractivity contribution in [2.75, 3.05) is 6.54 Å². The second-order valence-electron chi connectivity index (χ2n) is 6.16. The lowest BCUT2D eigenvalue weighted by Gasteiger charge is -2.19. The Morgan fingerprint density at radius 3 is 1.89 bits per heavy atom. The molecule has 0 saturated heterocycles. The molecule has 27 heavy (non-hydrogen) atoms. The van der Waals surface area contributed by atoms with Crippen LogP contribution < -0.4 is 22.5 Å². The van der Waals surface area contributed by atoms with Crippen LogP contribution in [0.15, 0.2) is 65.7 Å². The summed E-state index contributed by atoms with van der Waals surface area (Å²) in [5.74, 6) is -1.51. The Hall–Kier alpha value is -3.19. The molecule has 0 fully saturated rings. The SMILES string of the molecule is NC(N)=NCCC[C@H](N)C(=O)NC(=O)C(c1ccccc1)c1ccccc1. The number of imide groups is 1. The number of benzene rings is 2. The average Bonchev–Trinajstić information content (AvgIpc) is 2.66. The van der Waals surface area contributed by atoms with E-state index in [9.17, 15) is 9.59 Å². The zero-order valence-corrected chi connectivity index (χ0v) is 15.0. The summed E-state index contributed by atoms with van der Waals surface area (Å²) < 4.78 is 0. The van der Waals surface area contributed by atoms with Gasteiger partial charge in [-0.1, -0.05) is 60.7 Å². The van der Waals surface area contributed by atoms with Gasteiger partial charge in [0.15, 0.2) is 5.96 Å². The van der Waals surface area contributed by atoms with Gasteiger partial charge in [0.2, 0.25) is 11.8 Å². The standard InChI is InChI=1S/C20H25N5O2/c21-16(12-7-13-24-20(22)23)18(26)25-19(27)17(14-8-3-1-4-9-14)15-10-5-2-6-11-15/h1-6,8-11,16-17H,7,12-13,21H2,(H4,22,23,24)(H,25,26,27)/t16-/m0/s1. The number of amides is 2. The second kappa shape index (κ2) is 10.1. The first-order valence-corrected chi connectivity index (χ1v) is 8.74. The quantitative estimate of drug-likeness (QED) is 0.311. The van der Waals surface area contributed by atoms with E-state index in [0.29, 0.717) is 19.4 Å². The monoisotopic (exact) mass is 367 g/mol. The number of hydrogen-bond donors (Lipinski definition) is 4. The first kappa shape index (κ1) is 20.1. The number of guanidine groups is 1. The normalized spacial score (nSPS) is 11.6. The summed E-state index contributed by atoms with van der Waals surface area (Å²) in [7, 11) is 0. The molecule has 0 saturated carbocycles. The molecular formula is C20H25N5O2. The molecule has 7 heteroatoms. The van der Waals surface area contributed by atoms with E-state index < -0.39 is 23.8 Å². The summed E-state index contributed by atoms with van der Waals surface area (Å²) in [4.78, 5) is 29.0. The number of rotatable bonds is 8. The summed E-state index contributed by atoms with van der Waals surface area (Å²) in [6, 6.07) is 17.8. The van der Waals surface area contributed by atoms with Crippen molar-refractivity contribution in [3.8, 4) is 0 Å². The van der Waals surface area contributed by atoms with Crippen LogP contribution in [-0.4, -0.2) is 30.4 Å². The topological polar surface area (TPSA) is 137 Å². The summed E-state index contributed by atoms with van der Waals surface area (Å²) in [6.07, 6.45) is 0.915. The van der Waals surface area contributed by atoms with E-state index in [1.165, 1.54) is 0 Å². The maximum atomic E-state index is 12.8. The highest BCUT2D eigenvalue weighted by Gasteiger charge is 2.25. The molecule has 1 atom stereocenters. The first-order valence-electron chi connectivity index (χ1n) is 8.74. The van der Waals surface area contributed by atoms with E-state index in [0.717, 1.165) is 11.1 Å². The van der Waals surface area contributed by atoms with Crippen molar-refractivity contribution in [1.29, 1.82) is 0 Å². The zero-order chi connectivity index (χ0) is 19.6. The smallest absolute Gasteiger partial charge is 0.243 e. The van der Waals surface area contributed by atoms with Gasteiger partial charge < -0.3 is 17.2 Å². The van der Waals surface area contributed by atoms with Gasteiger partial charge in [-0.2, -0.15) is 0 Å². The van der Waals surface area contributed by atoms with Crippen molar-refractivity contribution in [2.45, 2.75) is 24.8 Å². The number of hydrogen-bond acceptors (Lipinski definition) is 4. The van der Waals surface area contributed by atoms with E-state index in [1.807, 2.05) is 60.7 Å². The zero-order valence-electron chi connectivity index (χ0n) is 15.0. The molecule has 142 valence electrons. The van der Waals surface area contributed by atoms with Gasteiger partial charge in [-0.15, -0.1) is 0 Å². The van der Waals surface area contributed by atoms with Crippen LogP contribution in [0.4, 0.5) is 0 Å². The molecule has 0 aliphatic heterocycles. The number of aliphatic imine (C=N–C) groups is 1. The highest BCUT2D eigenvalue weighted by molar-refractivity contribution is 6.01. The lowest BCUT2D eigenvalue weighted by atomic mass is 9.90. The van der Waals surface area contributed by atoms with Gasteiger partial charge in [0.25, 0.3) is 0 Å². The van der Waals surface area contributed by atoms with E-state index >= 15 is 0 Å². The molecule has 2 amide bonds. The Morgan fingerprint density at radius 2 is 1.41 bits per heavy atom. The van der Waals surface area contributed by atoms with Gasteiger partial charge in [-0.3, -0.25) is 19.9 Å². The number of nitrogens with zero attached hydrogens (tertiary/aromatic N) is 1. The van der Waals surface area contributed by atoms with E-state index in [4.69, 9.17) is 17.2 Å². The minimum Gasteiger partial charge on any atom is -0.370 e. The van der Waals surface area contributed by atoms with Crippen molar-refractivity contribution in [3.05, 3.63) is 71.8 Å². The molecule has 0 aliphatic carbocycles. The Bertz CT molecular complexity index is 734.